The van der Waals surface area contributed by atoms with Crippen LogP contribution < -0.4 is 9.47 Å². The molecule has 130 valence electrons. The molecule has 0 aliphatic rings. The van der Waals surface area contributed by atoms with Gasteiger partial charge in [-0.25, -0.2) is 0 Å². The van der Waals surface area contributed by atoms with Crippen LogP contribution in [-0.2, 0) is 20.7 Å². The molecule has 0 unspecified atom stereocenters. The summed E-state index contributed by atoms with van der Waals surface area (Å²) in [4.78, 5) is 0.173. The van der Waals surface area contributed by atoms with E-state index in [-0.39, 0.29) is 11.5 Å². The first kappa shape index (κ1) is 18.3. The first-order valence-electron chi connectivity index (χ1n) is 7.63. The molecule has 0 saturated carbocycles. The Morgan fingerprint density at radius 3 is 2.29 bits per heavy atom. The Morgan fingerprint density at radius 1 is 0.958 bits per heavy atom. The lowest BCUT2D eigenvalue weighted by Gasteiger charge is -2.11. The summed E-state index contributed by atoms with van der Waals surface area (Å²) >= 11 is 0. The Balaban J connectivity index is 1.94. The smallest absolute Gasteiger partial charge is 0.296 e. The molecule has 2 aromatic rings. The van der Waals surface area contributed by atoms with Crippen molar-refractivity contribution in [3.05, 3.63) is 53.6 Å². The van der Waals surface area contributed by atoms with E-state index in [4.69, 9.17) is 13.7 Å². The van der Waals surface area contributed by atoms with Gasteiger partial charge in [-0.2, -0.15) is 8.42 Å². The quantitative estimate of drug-likeness (QED) is 0.540. The molecule has 24 heavy (non-hydrogen) atoms. The van der Waals surface area contributed by atoms with Crippen molar-refractivity contribution in [3.63, 3.8) is 0 Å². The molecule has 5 nitrogen and oxygen atoms in total. The molecule has 2 rings (SSSR count). The zero-order chi connectivity index (χ0) is 17.6. The molecule has 2 aromatic carbocycles. The Labute approximate surface area is 143 Å². The van der Waals surface area contributed by atoms with E-state index >= 15 is 0 Å². The highest BCUT2D eigenvalue weighted by atomic mass is 32.2. The van der Waals surface area contributed by atoms with E-state index in [0.29, 0.717) is 12.8 Å². The monoisotopic (exact) mass is 350 g/mol. The highest BCUT2D eigenvalue weighted by Gasteiger charge is 2.14. The van der Waals surface area contributed by atoms with Crippen molar-refractivity contribution in [1.82, 2.24) is 0 Å². The zero-order valence-electron chi connectivity index (χ0n) is 14.1. The van der Waals surface area contributed by atoms with Gasteiger partial charge in [0.25, 0.3) is 10.1 Å². The van der Waals surface area contributed by atoms with Crippen molar-refractivity contribution in [2.24, 2.45) is 0 Å². The second-order valence-electron chi connectivity index (χ2n) is 5.37. The molecule has 0 bridgehead atoms. The maximum atomic E-state index is 12.1. The minimum absolute atomic E-state index is 0.108. The van der Waals surface area contributed by atoms with Gasteiger partial charge in [0.2, 0.25) is 0 Å². The predicted octanol–water partition coefficient (Wildman–Crippen LogP) is 3.35. The van der Waals surface area contributed by atoms with Crippen molar-refractivity contribution in [1.29, 1.82) is 0 Å². The van der Waals surface area contributed by atoms with E-state index in [0.717, 1.165) is 22.6 Å². The van der Waals surface area contributed by atoms with Gasteiger partial charge in [0, 0.05) is 0 Å². The first-order valence-corrected chi connectivity index (χ1v) is 9.04. The largest absolute Gasteiger partial charge is 0.497 e. The summed E-state index contributed by atoms with van der Waals surface area (Å²) in [5.41, 5.74) is 1.95. The van der Waals surface area contributed by atoms with Gasteiger partial charge in [0.05, 0.1) is 25.7 Å². The number of rotatable bonds is 8. The predicted molar refractivity (Wildman–Crippen MR) is 92.2 cm³/mol. The highest BCUT2D eigenvalue weighted by Crippen LogP contribution is 2.25. The van der Waals surface area contributed by atoms with Gasteiger partial charge in [0.1, 0.15) is 11.5 Å². The third kappa shape index (κ3) is 4.72. The van der Waals surface area contributed by atoms with Crippen molar-refractivity contribution in [2.75, 3.05) is 20.8 Å². The van der Waals surface area contributed by atoms with Crippen molar-refractivity contribution >= 4 is 10.1 Å². The van der Waals surface area contributed by atoms with Crippen LogP contribution in [0.5, 0.6) is 11.5 Å². The molecule has 0 fully saturated rings. The van der Waals surface area contributed by atoms with E-state index in [2.05, 4.69) is 0 Å². The molecule has 0 heterocycles. The van der Waals surface area contributed by atoms with Gasteiger partial charge in [-0.15, -0.1) is 0 Å². The van der Waals surface area contributed by atoms with Crippen molar-refractivity contribution in [2.45, 2.75) is 24.7 Å². The molecule has 0 aliphatic carbocycles. The number of hydrogen-bond donors (Lipinski definition) is 0. The van der Waals surface area contributed by atoms with Crippen LogP contribution in [0.25, 0.3) is 0 Å². The Hall–Kier alpha value is -2.05. The van der Waals surface area contributed by atoms with E-state index in [9.17, 15) is 8.42 Å². The first-order chi connectivity index (χ1) is 11.5. The number of ether oxygens (including phenoxy) is 2. The van der Waals surface area contributed by atoms with Crippen LogP contribution in [0.3, 0.4) is 0 Å². The van der Waals surface area contributed by atoms with Gasteiger partial charge in [0.15, 0.2) is 0 Å². The van der Waals surface area contributed by atoms with Crippen LogP contribution in [0, 0.1) is 6.92 Å². The van der Waals surface area contributed by atoms with Gasteiger partial charge < -0.3 is 9.47 Å². The van der Waals surface area contributed by atoms with E-state index in [1.807, 2.05) is 25.1 Å². The van der Waals surface area contributed by atoms with Gasteiger partial charge >= 0.3 is 0 Å². The van der Waals surface area contributed by atoms with Crippen molar-refractivity contribution < 1.29 is 22.1 Å². The number of methoxy groups -OCH3 is 2. The van der Waals surface area contributed by atoms with Gasteiger partial charge in [-0.05, 0) is 55.7 Å². The second kappa shape index (κ2) is 8.17. The summed E-state index contributed by atoms with van der Waals surface area (Å²) in [5, 5.41) is 0. The standard InChI is InChI=1S/C18H22O5S/c1-14-6-9-17(10-7-14)24(19,20)23-12-4-5-15-13-16(21-2)8-11-18(15)22-3/h6-11,13H,4-5,12H2,1-3H3. The Bertz CT molecular complexity index is 766. The molecule has 0 radical (unpaired) electrons. The van der Waals surface area contributed by atoms with E-state index in [1.54, 1.807) is 38.5 Å². The lowest BCUT2D eigenvalue weighted by molar-refractivity contribution is 0.311. The number of hydrogen-bond acceptors (Lipinski definition) is 5. The molecular formula is C18H22O5S. The fourth-order valence-electron chi connectivity index (χ4n) is 2.28. The number of benzene rings is 2. The molecule has 6 heteroatoms. The Morgan fingerprint density at radius 2 is 1.67 bits per heavy atom. The zero-order valence-corrected chi connectivity index (χ0v) is 14.9. The lowest BCUT2D eigenvalue weighted by Crippen LogP contribution is -2.08. The molecule has 0 saturated heterocycles. The third-order valence-electron chi connectivity index (χ3n) is 3.63. The highest BCUT2D eigenvalue weighted by molar-refractivity contribution is 7.86. The SMILES string of the molecule is COc1ccc(OC)c(CCCOS(=O)(=O)c2ccc(C)cc2)c1. The summed E-state index contributed by atoms with van der Waals surface area (Å²) in [7, 11) is -0.515. The summed E-state index contributed by atoms with van der Waals surface area (Å²) < 4.78 is 39.8. The topological polar surface area (TPSA) is 61.8 Å². The molecule has 0 atom stereocenters. The number of aryl methyl sites for hydroxylation is 2. The van der Waals surface area contributed by atoms with Gasteiger partial charge in [-0.3, -0.25) is 4.18 Å². The molecule has 0 amide bonds. The normalized spacial score (nSPS) is 11.3. The van der Waals surface area contributed by atoms with E-state index < -0.39 is 10.1 Å². The fraction of sp³-hybridized carbons (Fsp3) is 0.333. The molecule has 0 aromatic heterocycles. The van der Waals surface area contributed by atoms with E-state index in [1.165, 1.54) is 0 Å². The molecule has 0 spiro atoms. The average molecular weight is 350 g/mol. The maximum Gasteiger partial charge on any atom is 0.296 e. The summed E-state index contributed by atoms with van der Waals surface area (Å²) in [6.07, 6.45) is 1.18. The van der Waals surface area contributed by atoms with Crippen LogP contribution in [0.4, 0.5) is 0 Å². The molecule has 0 aliphatic heterocycles. The van der Waals surface area contributed by atoms with Gasteiger partial charge in [-0.1, -0.05) is 17.7 Å². The van der Waals surface area contributed by atoms with Crippen LogP contribution >= 0.6 is 0 Å². The minimum Gasteiger partial charge on any atom is -0.497 e. The third-order valence-corrected chi connectivity index (χ3v) is 4.95. The minimum atomic E-state index is -3.72. The average Bonchev–Trinajstić information content (AvgIpc) is 2.59. The summed E-state index contributed by atoms with van der Waals surface area (Å²) in [6.45, 7) is 2.01. The Kier molecular flexibility index (Phi) is 6.23. The maximum absolute atomic E-state index is 12.1. The van der Waals surface area contributed by atoms with Crippen molar-refractivity contribution in [3.8, 4) is 11.5 Å². The fourth-order valence-corrected chi connectivity index (χ4v) is 3.22. The summed E-state index contributed by atoms with van der Waals surface area (Å²) in [6, 6.07) is 12.1. The van der Waals surface area contributed by atoms with Crippen LogP contribution in [-0.4, -0.2) is 29.2 Å². The lowest BCUT2D eigenvalue weighted by atomic mass is 10.1. The van der Waals surface area contributed by atoms with Crippen LogP contribution in [0.15, 0.2) is 47.4 Å². The van der Waals surface area contributed by atoms with Crippen LogP contribution in [0.1, 0.15) is 17.5 Å². The molecule has 0 N–H and O–H groups in total. The molecular weight excluding hydrogens is 328 g/mol. The second-order valence-corrected chi connectivity index (χ2v) is 6.99. The van der Waals surface area contributed by atoms with Crippen LogP contribution in [0.2, 0.25) is 0 Å². The summed E-state index contributed by atoms with van der Waals surface area (Å²) in [5.74, 6) is 1.48.